The molecular weight excluding hydrogens is 376 g/mol. The molecule has 0 atom stereocenters. The molecule has 0 heterocycles. The van der Waals surface area contributed by atoms with Crippen LogP contribution in [0.4, 0.5) is 0 Å². The molecule has 29 heavy (non-hydrogen) atoms. The van der Waals surface area contributed by atoms with Gasteiger partial charge in [0.05, 0.1) is 0 Å². The van der Waals surface area contributed by atoms with E-state index in [0.717, 1.165) is 25.8 Å². The lowest BCUT2D eigenvalue weighted by atomic mass is 10.0. The molecule has 0 aromatic carbocycles. The second kappa shape index (κ2) is 23.6. The van der Waals surface area contributed by atoms with Crippen LogP contribution in [0.5, 0.6) is 0 Å². The summed E-state index contributed by atoms with van der Waals surface area (Å²) < 4.78 is 0. The third kappa shape index (κ3) is 23.5. The van der Waals surface area contributed by atoms with Gasteiger partial charge in [-0.25, -0.2) is 0 Å². The van der Waals surface area contributed by atoms with E-state index in [1.54, 1.807) is 0 Å². The highest BCUT2D eigenvalue weighted by Gasteiger charge is 2.03. The quantitative estimate of drug-likeness (QED) is 0.145. The minimum atomic E-state index is 0.0555. The minimum absolute atomic E-state index is 0.0555. The van der Waals surface area contributed by atoms with Gasteiger partial charge >= 0.3 is 0 Å². The van der Waals surface area contributed by atoms with Crippen LogP contribution >= 0.6 is 12.2 Å². The van der Waals surface area contributed by atoms with Crippen molar-refractivity contribution in [3.8, 4) is 0 Å². The summed E-state index contributed by atoms with van der Waals surface area (Å²) in [7, 11) is 0. The topological polar surface area (TPSA) is 41.1 Å². The van der Waals surface area contributed by atoms with E-state index in [1.807, 2.05) is 0 Å². The number of hydrogen-bond acceptors (Lipinski definition) is 2. The maximum atomic E-state index is 11.8. The van der Waals surface area contributed by atoms with Crippen LogP contribution < -0.4 is 10.6 Å². The maximum Gasteiger partial charge on any atom is 0.226 e. The molecular formula is C25H50N2OS. The molecule has 4 heteroatoms. The number of thiocarbonyl (C=S) groups is 1. The monoisotopic (exact) mass is 426 g/mol. The first kappa shape index (κ1) is 28.4. The summed E-state index contributed by atoms with van der Waals surface area (Å²) in [5, 5.41) is 6.47. The fourth-order valence-corrected chi connectivity index (χ4v) is 3.86. The van der Waals surface area contributed by atoms with Gasteiger partial charge in [0.2, 0.25) is 5.91 Å². The Morgan fingerprint density at radius 2 is 0.966 bits per heavy atom. The predicted molar refractivity (Wildman–Crippen MR) is 132 cm³/mol. The van der Waals surface area contributed by atoms with Crippen LogP contribution in [-0.2, 0) is 4.79 Å². The number of amides is 1. The molecule has 172 valence electrons. The highest BCUT2D eigenvalue weighted by molar-refractivity contribution is 7.80. The Balaban J connectivity index is 3.25. The van der Waals surface area contributed by atoms with Crippen molar-refractivity contribution in [2.75, 3.05) is 6.54 Å². The Bertz CT molecular complexity index is 374. The molecule has 2 N–H and O–H groups in total. The first-order chi connectivity index (χ1) is 14.2. The first-order valence-electron chi connectivity index (χ1n) is 12.8. The molecule has 0 bridgehead atoms. The van der Waals surface area contributed by atoms with Crippen molar-refractivity contribution in [2.24, 2.45) is 0 Å². The van der Waals surface area contributed by atoms with Crippen molar-refractivity contribution >= 4 is 23.2 Å². The highest BCUT2D eigenvalue weighted by Crippen LogP contribution is 2.12. The minimum Gasteiger partial charge on any atom is -0.362 e. The molecule has 0 radical (unpaired) electrons. The molecule has 0 aliphatic carbocycles. The van der Waals surface area contributed by atoms with Crippen LogP contribution in [0, 0.1) is 0 Å². The Hall–Kier alpha value is -0.640. The normalized spacial score (nSPS) is 10.8. The van der Waals surface area contributed by atoms with Gasteiger partial charge in [-0.1, -0.05) is 123 Å². The summed E-state index contributed by atoms with van der Waals surface area (Å²) in [6.07, 6.45) is 25.6. The van der Waals surface area contributed by atoms with E-state index < -0.39 is 0 Å². The number of carbonyl (C=O) groups is 1. The van der Waals surface area contributed by atoms with E-state index in [9.17, 15) is 4.79 Å². The van der Waals surface area contributed by atoms with E-state index in [-0.39, 0.29) is 5.91 Å². The smallest absolute Gasteiger partial charge is 0.226 e. The molecule has 3 nitrogen and oxygen atoms in total. The first-order valence-corrected chi connectivity index (χ1v) is 13.2. The fourth-order valence-electron chi connectivity index (χ4n) is 3.64. The Morgan fingerprint density at radius 3 is 1.41 bits per heavy atom. The lowest BCUT2D eigenvalue weighted by Crippen LogP contribution is -2.39. The largest absolute Gasteiger partial charge is 0.362 e. The van der Waals surface area contributed by atoms with Crippen LogP contribution in [0.2, 0.25) is 0 Å². The lowest BCUT2D eigenvalue weighted by Gasteiger charge is -2.09. The van der Waals surface area contributed by atoms with Gasteiger partial charge in [-0.3, -0.25) is 4.79 Å². The molecule has 1 amide bonds. The van der Waals surface area contributed by atoms with Gasteiger partial charge in [-0.15, -0.1) is 0 Å². The molecule has 0 aliphatic rings. The molecule has 0 aromatic heterocycles. The molecule has 0 rings (SSSR count). The van der Waals surface area contributed by atoms with Gasteiger partial charge in [0.15, 0.2) is 5.11 Å². The van der Waals surface area contributed by atoms with Crippen LogP contribution in [0.3, 0.4) is 0 Å². The SMILES string of the molecule is CCCCCCCCCCCCCCCCNC(=S)NC(=O)CCCCCCC. The Labute approximate surface area is 187 Å². The van der Waals surface area contributed by atoms with Gasteiger partial charge in [0.1, 0.15) is 0 Å². The summed E-state index contributed by atoms with van der Waals surface area (Å²) in [5.74, 6) is 0.0555. The molecule has 0 fully saturated rings. The van der Waals surface area contributed by atoms with Crippen molar-refractivity contribution in [3.05, 3.63) is 0 Å². The van der Waals surface area contributed by atoms with Gasteiger partial charge in [-0.2, -0.15) is 0 Å². The molecule has 0 aliphatic heterocycles. The average molecular weight is 427 g/mol. The van der Waals surface area contributed by atoms with Crippen LogP contribution in [-0.4, -0.2) is 17.6 Å². The zero-order chi connectivity index (χ0) is 21.4. The fraction of sp³-hybridized carbons (Fsp3) is 0.920. The van der Waals surface area contributed by atoms with Crippen LogP contribution in [0.1, 0.15) is 142 Å². The number of unbranched alkanes of at least 4 members (excludes halogenated alkanes) is 17. The maximum absolute atomic E-state index is 11.8. The van der Waals surface area contributed by atoms with E-state index in [1.165, 1.54) is 103 Å². The van der Waals surface area contributed by atoms with E-state index in [4.69, 9.17) is 12.2 Å². The second-order valence-corrected chi connectivity index (χ2v) is 8.97. The van der Waals surface area contributed by atoms with Gasteiger partial charge in [0, 0.05) is 13.0 Å². The van der Waals surface area contributed by atoms with Crippen molar-refractivity contribution < 1.29 is 4.79 Å². The van der Waals surface area contributed by atoms with Crippen molar-refractivity contribution in [2.45, 2.75) is 142 Å². The molecule has 0 aromatic rings. The summed E-state index contributed by atoms with van der Waals surface area (Å²) in [5.41, 5.74) is 0. The summed E-state index contributed by atoms with van der Waals surface area (Å²) in [6, 6.07) is 0. The molecule has 0 saturated heterocycles. The molecule has 0 spiro atoms. The zero-order valence-corrected chi connectivity index (χ0v) is 20.5. The zero-order valence-electron chi connectivity index (χ0n) is 19.7. The van der Waals surface area contributed by atoms with Crippen LogP contribution in [0.25, 0.3) is 0 Å². The number of hydrogen-bond donors (Lipinski definition) is 2. The Morgan fingerprint density at radius 1 is 0.586 bits per heavy atom. The highest BCUT2D eigenvalue weighted by atomic mass is 32.1. The third-order valence-corrected chi connectivity index (χ3v) is 5.82. The number of nitrogens with one attached hydrogen (secondary N) is 2. The summed E-state index contributed by atoms with van der Waals surface area (Å²) in [4.78, 5) is 11.8. The summed E-state index contributed by atoms with van der Waals surface area (Å²) in [6.45, 7) is 5.35. The predicted octanol–water partition coefficient (Wildman–Crippen LogP) is 7.82. The van der Waals surface area contributed by atoms with Gasteiger partial charge in [-0.05, 0) is 25.1 Å². The van der Waals surface area contributed by atoms with Gasteiger partial charge < -0.3 is 10.6 Å². The van der Waals surface area contributed by atoms with Crippen molar-refractivity contribution in [1.82, 2.24) is 10.6 Å². The lowest BCUT2D eigenvalue weighted by molar-refractivity contribution is -0.119. The molecule has 0 unspecified atom stereocenters. The molecule has 0 saturated carbocycles. The number of carbonyl (C=O) groups excluding carboxylic acids is 1. The van der Waals surface area contributed by atoms with Crippen molar-refractivity contribution in [1.29, 1.82) is 0 Å². The Kier molecular flexibility index (Phi) is 23.1. The summed E-state index contributed by atoms with van der Waals surface area (Å²) >= 11 is 5.21. The van der Waals surface area contributed by atoms with E-state index in [0.29, 0.717) is 11.5 Å². The average Bonchev–Trinajstić information content (AvgIpc) is 2.70. The third-order valence-electron chi connectivity index (χ3n) is 5.58. The standard InChI is InChI=1S/C25H50N2OS/c1-3-5-7-9-10-11-12-13-14-15-16-17-19-21-23-26-25(29)27-24(28)22-20-18-8-6-4-2/h3-23H2,1-2H3,(H2,26,27,28,29). The number of rotatable bonds is 21. The van der Waals surface area contributed by atoms with E-state index >= 15 is 0 Å². The van der Waals surface area contributed by atoms with E-state index in [2.05, 4.69) is 24.5 Å². The van der Waals surface area contributed by atoms with Crippen molar-refractivity contribution in [3.63, 3.8) is 0 Å². The second-order valence-electron chi connectivity index (χ2n) is 8.56. The van der Waals surface area contributed by atoms with Gasteiger partial charge in [0.25, 0.3) is 0 Å². The van der Waals surface area contributed by atoms with Crippen LogP contribution in [0.15, 0.2) is 0 Å².